The Balaban J connectivity index is 2.38. The molecule has 1 saturated heterocycles. The molecule has 1 fully saturated rings. The highest BCUT2D eigenvalue weighted by molar-refractivity contribution is 5.95. The summed E-state index contributed by atoms with van der Waals surface area (Å²) in [6.45, 7) is 5.20. The second-order valence-electron chi connectivity index (χ2n) is 5.19. The van der Waals surface area contributed by atoms with Crippen LogP contribution in [0.15, 0.2) is 12.1 Å². The van der Waals surface area contributed by atoms with Crippen molar-refractivity contribution in [1.82, 2.24) is 10.2 Å². The van der Waals surface area contributed by atoms with Gasteiger partial charge in [-0.05, 0) is 18.9 Å². The van der Waals surface area contributed by atoms with E-state index < -0.39 is 16.6 Å². The molecule has 7 heteroatoms. The molecule has 114 valence electrons. The normalized spacial score (nSPS) is 14.6. The number of halogens is 1. The minimum absolute atomic E-state index is 0.0245. The monoisotopic (exact) mass is 295 g/mol. The van der Waals surface area contributed by atoms with Gasteiger partial charge < -0.3 is 10.2 Å². The first-order chi connectivity index (χ1) is 9.95. The summed E-state index contributed by atoms with van der Waals surface area (Å²) in [4.78, 5) is 24.4. The van der Waals surface area contributed by atoms with Gasteiger partial charge in [0.05, 0.1) is 16.5 Å². The van der Waals surface area contributed by atoms with Crippen molar-refractivity contribution in [3.63, 3.8) is 0 Å². The van der Waals surface area contributed by atoms with Gasteiger partial charge in [-0.3, -0.25) is 14.9 Å². The Morgan fingerprint density at radius 2 is 2.19 bits per heavy atom. The maximum absolute atomic E-state index is 14.2. The second kappa shape index (κ2) is 6.17. The lowest BCUT2D eigenvalue weighted by Gasteiger charge is -2.38. The lowest BCUT2D eigenvalue weighted by atomic mass is 10.0. The summed E-state index contributed by atoms with van der Waals surface area (Å²) < 4.78 is 14.2. The predicted octanol–water partition coefficient (Wildman–Crippen LogP) is 1.87. The number of aryl methyl sites for hydroxylation is 1. The van der Waals surface area contributed by atoms with Crippen LogP contribution in [-0.4, -0.2) is 41.4 Å². The van der Waals surface area contributed by atoms with Crippen LogP contribution in [0.2, 0.25) is 0 Å². The fourth-order valence-electron chi connectivity index (χ4n) is 2.35. The van der Waals surface area contributed by atoms with Gasteiger partial charge >= 0.3 is 0 Å². The van der Waals surface area contributed by atoms with Gasteiger partial charge in [-0.1, -0.05) is 6.92 Å². The highest BCUT2D eigenvalue weighted by Gasteiger charge is 2.31. The van der Waals surface area contributed by atoms with E-state index >= 15 is 0 Å². The number of rotatable bonds is 5. The van der Waals surface area contributed by atoms with Gasteiger partial charge in [0.1, 0.15) is 5.82 Å². The van der Waals surface area contributed by atoms with E-state index in [1.54, 1.807) is 4.90 Å². The Kier molecular flexibility index (Phi) is 4.52. The van der Waals surface area contributed by atoms with E-state index in [4.69, 9.17) is 0 Å². The molecule has 1 aliphatic rings. The van der Waals surface area contributed by atoms with E-state index in [1.807, 2.05) is 6.92 Å². The van der Waals surface area contributed by atoms with Crippen molar-refractivity contribution >= 4 is 11.6 Å². The molecule has 1 aliphatic heterocycles. The lowest BCUT2D eigenvalue weighted by Crippen LogP contribution is -2.59. The number of amides is 1. The number of carbonyl (C=O) groups excluding carboxylic acids is 1. The molecule has 1 aromatic carbocycles. The van der Waals surface area contributed by atoms with Crippen molar-refractivity contribution in [3.05, 3.63) is 39.2 Å². The Hall–Kier alpha value is -2.02. The summed E-state index contributed by atoms with van der Waals surface area (Å²) in [6, 6.07) is 2.19. The first kappa shape index (κ1) is 15.4. The molecular formula is C14H18FN3O3. The Bertz CT molecular complexity index is 573. The molecule has 0 saturated carbocycles. The summed E-state index contributed by atoms with van der Waals surface area (Å²) in [5, 5.41) is 14.0. The maximum atomic E-state index is 14.2. The van der Waals surface area contributed by atoms with E-state index in [9.17, 15) is 19.3 Å². The summed E-state index contributed by atoms with van der Waals surface area (Å²) >= 11 is 0. The highest BCUT2D eigenvalue weighted by atomic mass is 19.1. The molecule has 1 amide bonds. The van der Waals surface area contributed by atoms with E-state index in [2.05, 4.69) is 5.32 Å². The molecule has 0 unspecified atom stereocenters. The number of benzene rings is 1. The average molecular weight is 295 g/mol. The summed E-state index contributed by atoms with van der Waals surface area (Å²) in [5.74, 6) is -1.16. The van der Waals surface area contributed by atoms with Gasteiger partial charge in [-0.2, -0.15) is 0 Å². The predicted molar refractivity (Wildman–Crippen MR) is 75.8 cm³/mol. The zero-order chi connectivity index (χ0) is 15.6. The van der Waals surface area contributed by atoms with Crippen molar-refractivity contribution in [2.75, 3.05) is 19.6 Å². The molecule has 1 heterocycles. The van der Waals surface area contributed by atoms with Gasteiger partial charge in [0.2, 0.25) is 0 Å². The van der Waals surface area contributed by atoms with Crippen LogP contribution in [0.3, 0.4) is 0 Å². The second-order valence-corrected chi connectivity index (χ2v) is 5.19. The maximum Gasteiger partial charge on any atom is 0.270 e. The summed E-state index contributed by atoms with van der Waals surface area (Å²) in [7, 11) is 0. The fourth-order valence-corrected chi connectivity index (χ4v) is 2.35. The molecule has 0 aromatic heterocycles. The quantitative estimate of drug-likeness (QED) is 0.664. The molecule has 6 nitrogen and oxygen atoms in total. The van der Waals surface area contributed by atoms with Crippen LogP contribution in [-0.2, 0) is 0 Å². The van der Waals surface area contributed by atoms with E-state index in [0.29, 0.717) is 19.6 Å². The van der Waals surface area contributed by atoms with Gasteiger partial charge in [-0.25, -0.2) is 4.39 Å². The molecule has 0 spiro atoms. The van der Waals surface area contributed by atoms with Crippen molar-refractivity contribution in [1.29, 1.82) is 0 Å². The molecule has 1 N–H and O–H groups in total. The van der Waals surface area contributed by atoms with Gasteiger partial charge in [-0.15, -0.1) is 0 Å². The number of non-ortho nitro benzene ring substituents is 1. The van der Waals surface area contributed by atoms with Crippen LogP contribution in [0.5, 0.6) is 0 Å². The van der Waals surface area contributed by atoms with E-state index in [0.717, 1.165) is 18.6 Å². The van der Waals surface area contributed by atoms with Crippen molar-refractivity contribution < 1.29 is 14.1 Å². The summed E-state index contributed by atoms with van der Waals surface area (Å²) in [6.07, 6.45) is 0.748. The number of nitro benzene ring substituents is 1. The van der Waals surface area contributed by atoms with Crippen LogP contribution < -0.4 is 5.32 Å². The SMILES string of the molecule is CCCN(C(=O)c1cc([N+](=O)[O-])cc(C)c1F)C1CNC1. The van der Waals surface area contributed by atoms with Crippen molar-refractivity contribution in [2.24, 2.45) is 0 Å². The Labute approximate surface area is 122 Å². The van der Waals surface area contributed by atoms with Gasteiger partial charge in [0, 0.05) is 31.8 Å². The Morgan fingerprint density at radius 3 is 2.67 bits per heavy atom. The summed E-state index contributed by atoms with van der Waals surface area (Å²) in [5.41, 5.74) is -0.377. The Morgan fingerprint density at radius 1 is 1.52 bits per heavy atom. The number of hydrogen-bond donors (Lipinski definition) is 1. The van der Waals surface area contributed by atoms with Crippen LogP contribution in [0.1, 0.15) is 29.3 Å². The molecular weight excluding hydrogens is 277 g/mol. The first-order valence-electron chi connectivity index (χ1n) is 6.92. The topological polar surface area (TPSA) is 75.5 Å². The molecule has 2 rings (SSSR count). The number of hydrogen-bond acceptors (Lipinski definition) is 4. The van der Waals surface area contributed by atoms with Crippen molar-refractivity contribution in [3.8, 4) is 0 Å². The van der Waals surface area contributed by atoms with Crippen LogP contribution in [0, 0.1) is 22.9 Å². The third-order valence-corrected chi connectivity index (χ3v) is 3.61. The minimum atomic E-state index is -0.681. The zero-order valence-electron chi connectivity index (χ0n) is 12.1. The van der Waals surface area contributed by atoms with Crippen molar-refractivity contribution in [2.45, 2.75) is 26.3 Å². The largest absolute Gasteiger partial charge is 0.333 e. The fraction of sp³-hybridized carbons (Fsp3) is 0.500. The molecule has 0 radical (unpaired) electrons. The molecule has 1 aromatic rings. The average Bonchev–Trinajstić information content (AvgIpc) is 2.38. The molecule has 0 bridgehead atoms. The third kappa shape index (κ3) is 3.02. The molecule has 0 aliphatic carbocycles. The van der Waals surface area contributed by atoms with Gasteiger partial charge in [0.15, 0.2) is 0 Å². The standard InChI is InChI=1S/C14H18FN3O3/c1-3-4-17(11-7-16-8-11)14(19)12-6-10(18(20)21)5-9(2)13(12)15/h5-6,11,16H,3-4,7-8H2,1-2H3. The number of nitrogens with one attached hydrogen (secondary N) is 1. The zero-order valence-corrected chi connectivity index (χ0v) is 12.1. The number of nitro groups is 1. The van der Waals surface area contributed by atoms with Crippen LogP contribution in [0.4, 0.5) is 10.1 Å². The van der Waals surface area contributed by atoms with Gasteiger partial charge in [0.25, 0.3) is 11.6 Å². The van der Waals surface area contributed by atoms with E-state index in [1.165, 1.54) is 6.92 Å². The van der Waals surface area contributed by atoms with Crippen LogP contribution >= 0.6 is 0 Å². The smallest absolute Gasteiger partial charge is 0.270 e. The first-order valence-corrected chi connectivity index (χ1v) is 6.92. The van der Waals surface area contributed by atoms with Crippen LogP contribution in [0.25, 0.3) is 0 Å². The third-order valence-electron chi connectivity index (χ3n) is 3.61. The number of nitrogens with zero attached hydrogens (tertiary/aromatic N) is 2. The lowest BCUT2D eigenvalue weighted by molar-refractivity contribution is -0.385. The highest BCUT2D eigenvalue weighted by Crippen LogP contribution is 2.23. The molecule has 0 atom stereocenters. The minimum Gasteiger partial charge on any atom is -0.333 e. The number of carbonyl (C=O) groups is 1. The van der Waals surface area contributed by atoms with E-state index in [-0.39, 0.29) is 22.9 Å². The molecule has 21 heavy (non-hydrogen) atoms.